The van der Waals surface area contributed by atoms with Gasteiger partial charge < -0.3 is 29.3 Å². The highest BCUT2D eigenvalue weighted by Crippen LogP contribution is 2.68. The van der Waals surface area contributed by atoms with Crippen molar-refractivity contribution in [3.05, 3.63) is 119 Å². The van der Waals surface area contributed by atoms with Crippen LogP contribution in [0.25, 0.3) is 0 Å². The zero-order chi connectivity index (χ0) is 28.6. The number of anilines is 1. The Morgan fingerprint density at radius 3 is 2.20 bits per heavy atom. The normalized spacial score (nSPS) is 24.3. The third-order valence-electron chi connectivity index (χ3n) is 8.50. The van der Waals surface area contributed by atoms with Crippen molar-refractivity contribution in [3.8, 4) is 17.2 Å². The fourth-order valence-electron chi connectivity index (χ4n) is 6.74. The third-order valence-corrected chi connectivity index (χ3v) is 8.50. The lowest BCUT2D eigenvalue weighted by atomic mass is 9.71. The molecule has 2 N–H and O–H groups in total. The van der Waals surface area contributed by atoms with E-state index in [0.717, 1.165) is 23.4 Å². The summed E-state index contributed by atoms with van der Waals surface area (Å²) in [5.74, 6) is 1.20. The summed E-state index contributed by atoms with van der Waals surface area (Å²) in [6.07, 6.45) is -0.763. The van der Waals surface area contributed by atoms with Gasteiger partial charge in [-0.2, -0.15) is 0 Å². The Bertz CT molecular complexity index is 1490. The lowest BCUT2D eigenvalue weighted by Gasteiger charge is -2.41. The zero-order valence-electron chi connectivity index (χ0n) is 23.8. The molecule has 0 spiro atoms. The van der Waals surface area contributed by atoms with Gasteiger partial charge in [-0.15, -0.1) is 0 Å². The van der Waals surface area contributed by atoms with Gasteiger partial charge in [-0.1, -0.05) is 72.8 Å². The number of ether oxygens (including phenoxy) is 3. The SMILES string of the molecule is CCOc1cc(OCC)c2c(c1)O[C@@]1(c3ccc(N(C)Cc4ccccc4)cc3)[C@H](c3ccccc3)C[C@@H](O)[C@@]21O. The molecule has 4 aromatic carbocycles. The first-order valence-corrected chi connectivity index (χ1v) is 14.4. The fourth-order valence-corrected chi connectivity index (χ4v) is 6.74. The molecule has 6 rings (SSSR count). The minimum absolute atomic E-state index is 0.325. The van der Waals surface area contributed by atoms with Crippen molar-refractivity contribution in [2.24, 2.45) is 0 Å². The first-order chi connectivity index (χ1) is 19.9. The van der Waals surface area contributed by atoms with E-state index in [9.17, 15) is 10.2 Å². The van der Waals surface area contributed by atoms with E-state index in [0.29, 0.717) is 42.4 Å². The van der Waals surface area contributed by atoms with Crippen LogP contribution >= 0.6 is 0 Å². The lowest BCUT2D eigenvalue weighted by Crippen LogP contribution is -2.52. The van der Waals surface area contributed by atoms with Crippen LogP contribution in [0.5, 0.6) is 17.2 Å². The van der Waals surface area contributed by atoms with E-state index in [1.54, 1.807) is 12.1 Å². The predicted octanol–water partition coefficient (Wildman–Crippen LogP) is 6.14. The highest BCUT2D eigenvalue weighted by molar-refractivity contribution is 5.63. The molecule has 1 fully saturated rings. The minimum Gasteiger partial charge on any atom is -0.494 e. The van der Waals surface area contributed by atoms with Crippen molar-refractivity contribution in [1.82, 2.24) is 0 Å². The molecule has 4 atom stereocenters. The summed E-state index contributed by atoms with van der Waals surface area (Å²) in [6.45, 7) is 5.46. The molecule has 41 heavy (non-hydrogen) atoms. The van der Waals surface area contributed by atoms with Crippen LogP contribution in [0, 0.1) is 0 Å². The van der Waals surface area contributed by atoms with E-state index in [1.165, 1.54) is 5.56 Å². The number of rotatable bonds is 9. The number of hydrogen-bond acceptors (Lipinski definition) is 6. The topological polar surface area (TPSA) is 71.4 Å². The molecule has 0 bridgehead atoms. The van der Waals surface area contributed by atoms with E-state index >= 15 is 0 Å². The minimum atomic E-state index is -1.75. The van der Waals surface area contributed by atoms with Gasteiger partial charge in [-0.25, -0.2) is 0 Å². The Morgan fingerprint density at radius 1 is 0.878 bits per heavy atom. The highest BCUT2D eigenvalue weighted by atomic mass is 16.5. The van der Waals surface area contributed by atoms with Gasteiger partial charge in [0.15, 0.2) is 11.2 Å². The second-order valence-corrected chi connectivity index (χ2v) is 10.9. The van der Waals surface area contributed by atoms with Crippen LogP contribution in [0.4, 0.5) is 5.69 Å². The zero-order valence-corrected chi connectivity index (χ0v) is 23.8. The summed E-state index contributed by atoms with van der Waals surface area (Å²) in [5.41, 5.74) is 1.47. The predicted molar refractivity (Wildman–Crippen MR) is 160 cm³/mol. The maximum Gasteiger partial charge on any atom is 0.176 e. The third kappa shape index (κ3) is 4.33. The van der Waals surface area contributed by atoms with Crippen LogP contribution in [-0.4, -0.2) is 36.6 Å². The Hall–Kier alpha value is -4.00. The van der Waals surface area contributed by atoms with E-state index in [-0.39, 0.29) is 5.92 Å². The van der Waals surface area contributed by atoms with Gasteiger partial charge in [0.05, 0.1) is 24.9 Å². The van der Waals surface area contributed by atoms with E-state index in [1.807, 2.05) is 74.5 Å². The molecular formula is C35H37NO5. The van der Waals surface area contributed by atoms with Crippen molar-refractivity contribution < 1.29 is 24.4 Å². The van der Waals surface area contributed by atoms with Gasteiger partial charge in [-0.3, -0.25) is 0 Å². The standard InChI is InChI=1S/C35H37NO5/c1-4-39-28-20-30(40-5-2)33-31(21-28)41-35(29(22-32(37)34(33,35)38)25-14-10-7-11-15-25)26-16-18-27(19-17-26)36(3)23-24-12-8-6-9-13-24/h6-21,29,32,37-38H,4-5,22-23H2,1-3H3/t29-,32+,34+,35-/m0/s1. The van der Waals surface area contributed by atoms with E-state index < -0.39 is 17.3 Å². The van der Waals surface area contributed by atoms with E-state index in [2.05, 4.69) is 36.2 Å². The van der Waals surface area contributed by atoms with Crippen molar-refractivity contribution in [2.75, 3.05) is 25.2 Å². The van der Waals surface area contributed by atoms with Gasteiger partial charge in [0.25, 0.3) is 0 Å². The molecule has 4 aromatic rings. The molecule has 0 aromatic heterocycles. The summed E-state index contributed by atoms with van der Waals surface area (Å²) in [6, 6.07) is 32.1. The molecule has 6 heteroatoms. The van der Waals surface area contributed by atoms with Crippen LogP contribution in [0.3, 0.4) is 0 Å². The van der Waals surface area contributed by atoms with Gasteiger partial charge in [-0.05, 0) is 49.1 Å². The van der Waals surface area contributed by atoms with Crippen LogP contribution in [0.2, 0.25) is 0 Å². The maximum absolute atomic E-state index is 12.8. The Labute approximate surface area is 241 Å². The van der Waals surface area contributed by atoms with Crippen LogP contribution in [0.1, 0.15) is 48.4 Å². The lowest BCUT2D eigenvalue weighted by molar-refractivity contribution is -0.150. The number of aliphatic hydroxyl groups excluding tert-OH is 1. The monoisotopic (exact) mass is 551 g/mol. The van der Waals surface area contributed by atoms with Crippen molar-refractivity contribution in [2.45, 2.75) is 50.0 Å². The maximum atomic E-state index is 12.8. The summed E-state index contributed by atoms with van der Waals surface area (Å²) in [7, 11) is 2.06. The summed E-state index contributed by atoms with van der Waals surface area (Å²) < 4.78 is 18.8. The molecule has 212 valence electrons. The molecule has 1 saturated carbocycles. The molecule has 0 amide bonds. The summed E-state index contributed by atoms with van der Waals surface area (Å²) >= 11 is 0. The molecule has 0 unspecified atom stereocenters. The van der Waals surface area contributed by atoms with Gasteiger partial charge in [0.2, 0.25) is 0 Å². The molecule has 1 aliphatic carbocycles. The van der Waals surface area contributed by atoms with Crippen molar-refractivity contribution in [1.29, 1.82) is 0 Å². The van der Waals surface area contributed by atoms with Gasteiger partial charge >= 0.3 is 0 Å². The Balaban J connectivity index is 1.49. The Kier molecular flexibility index (Phi) is 7.14. The van der Waals surface area contributed by atoms with Crippen molar-refractivity contribution >= 4 is 5.69 Å². The molecular weight excluding hydrogens is 514 g/mol. The van der Waals surface area contributed by atoms with Crippen molar-refractivity contribution in [3.63, 3.8) is 0 Å². The molecule has 1 aliphatic heterocycles. The van der Waals surface area contributed by atoms with E-state index in [4.69, 9.17) is 14.2 Å². The van der Waals surface area contributed by atoms with Gasteiger partial charge in [0.1, 0.15) is 17.2 Å². The molecule has 0 radical (unpaired) electrons. The number of fused-ring (bicyclic) bond motifs is 3. The number of hydrogen-bond donors (Lipinski definition) is 2. The second-order valence-electron chi connectivity index (χ2n) is 10.9. The summed E-state index contributed by atoms with van der Waals surface area (Å²) in [5, 5.41) is 24.5. The Morgan fingerprint density at radius 2 is 1.54 bits per heavy atom. The molecule has 0 saturated heterocycles. The van der Waals surface area contributed by atoms with Crippen LogP contribution in [0.15, 0.2) is 97.1 Å². The molecule has 1 heterocycles. The largest absolute Gasteiger partial charge is 0.494 e. The second kappa shape index (κ2) is 10.8. The molecule has 2 aliphatic rings. The van der Waals surface area contributed by atoms with Crippen LogP contribution < -0.4 is 19.1 Å². The van der Waals surface area contributed by atoms with Gasteiger partial charge in [0, 0.05) is 37.3 Å². The smallest absolute Gasteiger partial charge is 0.176 e. The first-order valence-electron chi connectivity index (χ1n) is 14.4. The molecule has 6 nitrogen and oxygen atoms in total. The number of aliphatic hydroxyl groups is 2. The highest BCUT2D eigenvalue weighted by Gasteiger charge is 2.73. The fraction of sp³-hybridized carbons (Fsp3) is 0.314. The first kappa shape index (κ1) is 27.2. The average Bonchev–Trinajstić information content (AvgIpc) is 3.39. The quantitative estimate of drug-likeness (QED) is 0.260. The van der Waals surface area contributed by atoms with Crippen LogP contribution in [-0.2, 0) is 17.7 Å². The summed E-state index contributed by atoms with van der Waals surface area (Å²) in [4.78, 5) is 2.19. The number of benzene rings is 4. The number of nitrogens with zero attached hydrogens (tertiary/aromatic N) is 1. The average molecular weight is 552 g/mol.